The van der Waals surface area contributed by atoms with E-state index in [-0.39, 0.29) is 12.5 Å². The molecule has 4 rings (SSSR count). The first kappa shape index (κ1) is 23.4. The summed E-state index contributed by atoms with van der Waals surface area (Å²) in [6.07, 6.45) is 3.37. The van der Waals surface area contributed by atoms with Crippen molar-refractivity contribution in [1.82, 2.24) is 20.5 Å². The Morgan fingerprint density at radius 3 is 2.51 bits per heavy atom. The number of para-hydroxylation sites is 1. The molecule has 2 N–H and O–H groups in total. The summed E-state index contributed by atoms with van der Waals surface area (Å²) in [5.41, 5.74) is 7.10. The molecule has 176 valence electrons. The van der Waals surface area contributed by atoms with Gasteiger partial charge in [-0.2, -0.15) is 10.2 Å². The van der Waals surface area contributed by atoms with Gasteiger partial charge >= 0.3 is 0 Å². The molecule has 0 aliphatic carbocycles. The molecular weight excluding hydrogens is 442 g/mol. The van der Waals surface area contributed by atoms with Crippen LogP contribution in [0.4, 0.5) is 0 Å². The highest BCUT2D eigenvalue weighted by Crippen LogP contribution is 2.25. The Bertz CT molecular complexity index is 1350. The number of nitrogens with zero attached hydrogens (tertiary/aromatic N) is 3. The molecule has 1 aromatic heterocycles. The largest absolute Gasteiger partial charge is 0.497 e. The van der Waals surface area contributed by atoms with E-state index in [4.69, 9.17) is 9.84 Å². The van der Waals surface area contributed by atoms with Crippen LogP contribution in [0.25, 0.3) is 16.9 Å². The number of ether oxygens (including phenoxy) is 1. The number of amides is 2. The maximum absolute atomic E-state index is 12.2. The van der Waals surface area contributed by atoms with Crippen LogP contribution in [0.15, 0.2) is 90.2 Å². The predicted octanol–water partition coefficient (Wildman–Crippen LogP) is 3.74. The highest BCUT2D eigenvalue weighted by molar-refractivity contribution is 5.96. The third kappa shape index (κ3) is 6.00. The fraction of sp³-hybridized carbons (Fsp3) is 0.111. The third-order valence-electron chi connectivity index (χ3n) is 5.21. The number of aryl methyl sites for hydroxylation is 1. The Kier molecular flexibility index (Phi) is 7.32. The number of benzene rings is 3. The fourth-order valence-corrected chi connectivity index (χ4v) is 3.43. The molecule has 4 aromatic rings. The van der Waals surface area contributed by atoms with Crippen LogP contribution in [0.1, 0.15) is 21.5 Å². The van der Waals surface area contributed by atoms with Crippen molar-refractivity contribution in [2.45, 2.75) is 6.92 Å². The summed E-state index contributed by atoms with van der Waals surface area (Å²) in [7, 11) is 1.61. The number of hydrazone groups is 1. The van der Waals surface area contributed by atoms with Gasteiger partial charge in [-0.05, 0) is 55.5 Å². The van der Waals surface area contributed by atoms with Gasteiger partial charge in [-0.15, -0.1) is 0 Å². The molecule has 0 atom stereocenters. The van der Waals surface area contributed by atoms with E-state index in [1.54, 1.807) is 30.0 Å². The monoisotopic (exact) mass is 467 g/mol. The van der Waals surface area contributed by atoms with E-state index >= 15 is 0 Å². The molecule has 0 aliphatic heterocycles. The van der Waals surface area contributed by atoms with Gasteiger partial charge in [-0.1, -0.05) is 35.9 Å². The van der Waals surface area contributed by atoms with E-state index in [0.29, 0.717) is 16.8 Å². The van der Waals surface area contributed by atoms with Crippen molar-refractivity contribution in [3.8, 4) is 22.7 Å². The van der Waals surface area contributed by atoms with Gasteiger partial charge in [0.05, 0.1) is 25.6 Å². The van der Waals surface area contributed by atoms with Crippen LogP contribution in [0.5, 0.6) is 5.75 Å². The molecule has 0 aliphatic rings. The lowest BCUT2D eigenvalue weighted by Crippen LogP contribution is -2.34. The first-order valence-corrected chi connectivity index (χ1v) is 11.0. The Morgan fingerprint density at radius 1 is 1.03 bits per heavy atom. The standard InChI is InChI=1S/C27H25N5O3/c1-19-7-6-8-21(15-19)27(34)28-17-25(33)30-29-16-22-18-32(23-9-4-3-5-10-23)31-26(22)20-11-13-24(35-2)14-12-20/h3-16,18H,17H2,1-2H3,(H,28,34)(H,30,33)/b29-16-. The van der Waals surface area contributed by atoms with Crippen LogP contribution in [-0.2, 0) is 4.79 Å². The summed E-state index contributed by atoms with van der Waals surface area (Å²) in [6.45, 7) is 1.71. The van der Waals surface area contributed by atoms with Crippen molar-refractivity contribution >= 4 is 18.0 Å². The van der Waals surface area contributed by atoms with Gasteiger partial charge in [0, 0.05) is 22.9 Å². The topological polar surface area (TPSA) is 97.6 Å². The molecule has 0 radical (unpaired) electrons. The number of methoxy groups -OCH3 is 1. The zero-order valence-electron chi connectivity index (χ0n) is 19.4. The molecule has 0 spiro atoms. The lowest BCUT2D eigenvalue weighted by Gasteiger charge is -2.05. The van der Waals surface area contributed by atoms with Crippen molar-refractivity contribution in [2.75, 3.05) is 13.7 Å². The molecule has 0 bridgehead atoms. The number of nitrogens with one attached hydrogen (secondary N) is 2. The van der Waals surface area contributed by atoms with Gasteiger partial charge in [0.1, 0.15) is 11.4 Å². The molecule has 3 aromatic carbocycles. The van der Waals surface area contributed by atoms with Crippen molar-refractivity contribution in [2.24, 2.45) is 5.10 Å². The van der Waals surface area contributed by atoms with Gasteiger partial charge in [-0.3, -0.25) is 9.59 Å². The average molecular weight is 468 g/mol. The van der Waals surface area contributed by atoms with E-state index in [2.05, 4.69) is 15.8 Å². The lowest BCUT2D eigenvalue weighted by atomic mass is 10.1. The molecule has 35 heavy (non-hydrogen) atoms. The van der Waals surface area contributed by atoms with Crippen molar-refractivity contribution in [3.63, 3.8) is 0 Å². The van der Waals surface area contributed by atoms with E-state index < -0.39 is 5.91 Å². The Balaban J connectivity index is 1.46. The second-order valence-electron chi connectivity index (χ2n) is 7.79. The van der Waals surface area contributed by atoms with Crippen molar-refractivity contribution in [3.05, 3.63) is 102 Å². The van der Waals surface area contributed by atoms with Gasteiger partial charge in [0.25, 0.3) is 11.8 Å². The molecule has 0 saturated heterocycles. The number of carbonyl (C=O) groups is 2. The van der Waals surface area contributed by atoms with E-state index in [9.17, 15) is 9.59 Å². The van der Waals surface area contributed by atoms with E-state index in [1.807, 2.05) is 73.8 Å². The Labute approximate surface area is 203 Å². The first-order valence-electron chi connectivity index (χ1n) is 11.0. The van der Waals surface area contributed by atoms with Crippen LogP contribution >= 0.6 is 0 Å². The van der Waals surface area contributed by atoms with E-state index in [0.717, 1.165) is 22.6 Å². The summed E-state index contributed by atoms with van der Waals surface area (Å²) in [4.78, 5) is 24.4. The van der Waals surface area contributed by atoms with Gasteiger partial charge in [0.2, 0.25) is 0 Å². The molecule has 8 heteroatoms. The molecular formula is C27H25N5O3. The van der Waals surface area contributed by atoms with Gasteiger partial charge < -0.3 is 10.1 Å². The molecule has 8 nitrogen and oxygen atoms in total. The normalized spacial score (nSPS) is 10.8. The summed E-state index contributed by atoms with van der Waals surface area (Å²) < 4.78 is 7.00. The SMILES string of the molecule is COc1ccc(-c2nn(-c3ccccc3)cc2/C=N\NC(=O)CNC(=O)c2cccc(C)c2)cc1. The van der Waals surface area contributed by atoms with Crippen LogP contribution < -0.4 is 15.5 Å². The van der Waals surface area contributed by atoms with Crippen LogP contribution in [0, 0.1) is 6.92 Å². The van der Waals surface area contributed by atoms with Gasteiger partial charge in [0.15, 0.2) is 0 Å². The summed E-state index contributed by atoms with van der Waals surface area (Å²) >= 11 is 0. The minimum Gasteiger partial charge on any atom is -0.497 e. The van der Waals surface area contributed by atoms with Crippen molar-refractivity contribution < 1.29 is 14.3 Å². The molecule has 1 heterocycles. The summed E-state index contributed by atoms with van der Waals surface area (Å²) in [6, 6.07) is 24.4. The lowest BCUT2D eigenvalue weighted by molar-refractivity contribution is -0.120. The number of hydrogen-bond donors (Lipinski definition) is 2. The smallest absolute Gasteiger partial charge is 0.259 e. The van der Waals surface area contributed by atoms with Crippen molar-refractivity contribution in [1.29, 1.82) is 0 Å². The van der Waals surface area contributed by atoms with Crippen LogP contribution in [0.3, 0.4) is 0 Å². The molecule has 0 saturated carbocycles. The second-order valence-corrected chi connectivity index (χ2v) is 7.79. The summed E-state index contributed by atoms with van der Waals surface area (Å²) in [5, 5.41) is 11.4. The fourth-order valence-electron chi connectivity index (χ4n) is 3.43. The first-order chi connectivity index (χ1) is 17.0. The molecule has 2 amide bonds. The average Bonchev–Trinajstić information content (AvgIpc) is 3.32. The summed E-state index contributed by atoms with van der Waals surface area (Å²) in [5.74, 6) is -0.0195. The number of rotatable bonds is 8. The van der Waals surface area contributed by atoms with E-state index in [1.165, 1.54) is 6.21 Å². The second kappa shape index (κ2) is 10.9. The highest BCUT2D eigenvalue weighted by Gasteiger charge is 2.12. The predicted molar refractivity (Wildman–Crippen MR) is 135 cm³/mol. The number of hydrogen-bond acceptors (Lipinski definition) is 5. The van der Waals surface area contributed by atoms with Crippen LogP contribution in [-0.4, -0.2) is 41.5 Å². The number of carbonyl (C=O) groups excluding carboxylic acids is 2. The van der Waals surface area contributed by atoms with Gasteiger partial charge in [-0.25, -0.2) is 10.1 Å². The minimum atomic E-state index is -0.441. The zero-order chi connectivity index (χ0) is 24.6. The quantitative estimate of drug-likeness (QED) is 0.305. The zero-order valence-corrected chi connectivity index (χ0v) is 19.4. The molecule has 0 unspecified atom stereocenters. The van der Waals surface area contributed by atoms with Crippen LogP contribution in [0.2, 0.25) is 0 Å². The maximum atomic E-state index is 12.2. The number of aromatic nitrogens is 2. The Hall–Kier alpha value is -4.72. The third-order valence-corrected chi connectivity index (χ3v) is 5.21. The highest BCUT2D eigenvalue weighted by atomic mass is 16.5. The Morgan fingerprint density at radius 2 is 1.80 bits per heavy atom. The molecule has 0 fully saturated rings. The minimum absolute atomic E-state index is 0.196. The maximum Gasteiger partial charge on any atom is 0.259 e.